The first-order chi connectivity index (χ1) is 11.5. The van der Waals surface area contributed by atoms with Crippen LogP contribution in [0.2, 0.25) is 0 Å². The maximum atomic E-state index is 13.7. The van der Waals surface area contributed by atoms with E-state index in [4.69, 9.17) is 0 Å². The van der Waals surface area contributed by atoms with Gasteiger partial charge in [0.2, 0.25) is 0 Å². The molecular weight excluding hydrogens is 309 g/mol. The Labute approximate surface area is 140 Å². The molecule has 2 aromatic rings. The lowest BCUT2D eigenvalue weighted by Gasteiger charge is -2.35. The minimum atomic E-state index is -0.374. The lowest BCUT2D eigenvalue weighted by Crippen LogP contribution is -2.39. The molecule has 1 aliphatic heterocycles. The van der Waals surface area contributed by atoms with Crippen molar-refractivity contribution in [2.75, 3.05) is 23.3 Å². The predicted molar refractivity (Wildman–Crippen MR) is 93.1 cm³/mol. The highest BCUT2D eigenvalue weighted by molar-refractivity contribution is 5.58. The summed E-state index contributed by atoms with van der Waals surface area (Å²) in [5.74, 6) is -0.230. The second-order valence-electron chi connectivity index (χ2n) is 6.11. The van der Waals surface area contributed by atoms with E-state index < -0.39 is 0 Å². The zero-order valence-corrected chi connectivity index (χ0v) is 13.5. The smallest absolute Gasteiger partial charge is 0.269 e. The third-order valence-corrected chi connectivity index (χ3v) is 4.46. The second kappa shape index (κ2) is 6.86. The first-order valence-electron chi connectivity index (χ1n) is 8.05. The number of para-hydroxylation sites is 1. The monoisotopic (exact) mass is 329 g/mol. The average Bonchev–Trinajstić information content (AvgIpc) is 2.58. The van der Waals surface area contributed by atoms with Crippen LogP contribution >= 0.6 is 0 Å². The van der Waals surface area contributed by atoms with Crippen LogP contribution < -0.4 is 10.2 Å². The molecule has 1 aliphatic rings. The summed E-state index contributed by atoms with van der Waals surface area (Å²) >= 11 is 0. The zero-order chi connectivity index (χ0) is 17.1. The van der Waals surface area contributed by atoms with E-state index in [0.717, 1.165) is 37.2 Å². The molecule has 0 amide bonds. The number of hydrogen-bond donors (Lipinski definition) is 1. The predicted octanol–water partition coefficient (Wildman–Crippen LogP) is 4.12. The molecule has 0 aromatic heterocycles. The zero-order valence-electron chi connectivity index (χ0n) is 13.5. The van der Waals surface area contributed by atoms with Gasteiger partial charge in [-0.1, -0.05) is 12.1 Å². The third-order valence-electron chi connectivity index (χ3n) is 4.46. The molecule has 1 N–H and O–H groups in total. The minimum Gasteiger partial charge on any atom is -0.380 e. The average molecular weight is 329 g/mol. The fraction of sp³-hybridized carbons (Fsp3) is 0.333. The molecule has 24 heavy (non-hydrogen) atoms. The van der Waals surface area contributed by atoms with Gasteiger partial charge in [0.05, 0.1) is 10.6 Å². The Morgan fingerprint density at radius 2 is 1.92 bits per heavy atom. The van der Waals surface area contributed by atoms with Crippen LogP contribution in [-0.2, 0) is 0 Å². The molecular formula is C18H20FN3O2. The van der Waals surface area contributed by atoms with Crippen LogP contribution in [0.5, 0.6) is 0 Å². The molecule has 0 aliphatic carbocycles. The molecule has 2 aromatic carbocycles. The topological polar surface area (TPSA) is 58.4 Å². The fourth-order valence-electron chi connectivity index (χ4n) is 3.17. The van der Waals surface area contributed by atoms with E-state index in [1.807, 2.05) is 19.1 Å². The van der Waals surface area contributed by atoms with Gasteiger partial charge in [-0.3, -0.25) is 10.1 Å². The van der Waals surface area contributed by atoms with Crippen LogP contribution in [0.3, 0.4) is 0 Å². The SMILES string of the molecule is Cc1cc([N+](=O)[O-])ccc1N1CCC(Nc2ccccc2F)CC1. The Balaban J connectivity index is 1.63. The van der Waals surface area contributed by atoms with Crippen molar-refractivity contribution in [3.05, 3.63) is 64.0 Å². The van der Waals surface area contributed by atoms with E-state index >= 15 is 0 Å². The summed E-state index contributed by atoms with van der Waals surface area (Å²) in [6.07, 6.45) is 1.79. The molecule has 1 saturated heterocycles. The van der Waals surface area contributed by atoms with E-state index in [-0.39, 0.29) is 22.5 Å². The first-order valence-corrected chi connectivity index (χ1v) is 8.05. The van der Waals surface area contributed by atoms with Crippen LogP contribution in [0.25, 0.3) is 0 Å². The van der Waals surface area contributed by atoms with Gasteiger partial charge in [-0.15, -0.1) is 0 Å². The standard InChI is InChI=1S/C18H20FN3O2/c1-13-12-15(22(23)24)6-7-18(13)21-10-8-14(9-11-21)20-17-5-3-2-4-16(17)19/h2-7,12,14,20H,8-11H2,1H3. The Hall–Kier alpha value is -2.63. The summed E-state index contributed by atoms with van der Waals surface area (Å²) < 4.78 is 13.7. The number of nitro benzene ring substituents is 1. The maximum absolute atomic E-state index is 13.7. The van der Waals surface area contributed by atoms with E-state index in [2.05, 4.69) is 10.2 Å². The molecule has 3 rings (SSSR count). The number of aryl methyl sites for hydroxylation is 1. The maximum Gasteiger partial charge on any atom is 0.269 e. The number of piperidine rings is 1. The molecule has 1 fully saturated rings. The molecule has 0 unspecified atom stereocenters. The van der Waals surface area contributed by atoms with E-state index in [0.29, 0.717) is 5.69 Å². The molecule has 6 heteroatoms. The normalized spacial score (nSPS) is 15.3. The second-order valence-corrected chi connectivity index (χ2v) is 6.11. The number of anilines is 2. The highest BCUT2D eigenvalue weighted by Gasteiger charge is 2.21. The van der Waals surface area contributed by atoms with Gasteiger partial charge in [0, 0.05) is 37.0 Å². The van der Waals surface area contributed by atoms with Crippen molar-refractivity contribution in [2.45, 2.75) is 25.8 Å². The number of nitrogens with zero attached hydrogens (tertiary/aromatic N) is 2. The minimum absolute atomic E-state index is 0.118. The first kappa shape index (κ1) is 16.2. The summed E-state index contributed by atoms with van der Waals surface area (Å²) in [5.41, 5.74) is 2.60. The van der Waals surface area contributed by atoms with Gasteiger partial charge in [-0.25, -0.2) is 4.39 Å². The van der Waals surface area contributed by atoms with Crippen molar-refractivity contribution in [1.82, 2.24) is 0 Å². The van der Waals surface area contributed by atoms with Crippen LogP contribution in [0, 0.1) is 22.9 Å². The van der Waals surface area contributed by atoms with Crippen molar-refractivity contribution < 1.29 is 9.31 Å². The Morgan fingerprint density at radius 1 is 1.21 bits per heavy atom. The van der Waals surface area contributed by atoms with Crippen molar-refractivity contribution in [1.29, 1.82) is 0 Å². The summed E-state index contributed by atoms with van der Waals surface area (Å²) in [5, 5.41) is 14.1. The van der Waals surface area contributed by atoms with E-state index in [9.17, 15) is 14.5 Å². The Kier molecular flexibility index (Phi) is 4.64. The van der Waals surface area contributed by atoms with Crippen LogP contribution in [0.4, 0.5) is 21.5 Å². The van der Waals surface area contributed by atoms with Crippen molar-refractivity contribution in [3.8, 4) is 0 Å². The third kappa shape index (κ3) is 3.48. The largest absolute Gasteiger partial charge is 0.380 e. The number of nitrogens with one attached hydrogen (secondary N) is 1. The molecule has 1 heterocycles. The number of benzene rings is 2. The molecule has 5 nitrogen and oxygen atoms in total. The summed E-state index contributed by atoms with van der Waals surface area (Å²) in [4.78, 5) is 12.7. The summed E-state index contributed by atoms with van der Waals surface area (Å²) in [6.45, 7) is 3.57. The van der Waals surface area contributed by atoms with E-state index in [1.54, 1.807) is 24.3 Å². The quantitative estimate of drug-likeness (QED) is 0.677. The summed E-state index contributed by atoms with van der Waals surface area (Å²) in [7, 11) is 0. The van der Waals surface area contributed by atoms with Crippen LogP contribution in [-0.4, -0.2) is 24.1 Å². The van der Waals surface area contributed by atoms with Gasteiger partial charge >= 0.3 is 0 Å². The Bertz CT molecular complexity index is 743. The highest BCUT2D eigenvalue weighted by atomic mass is 19.1. The van der Waals surface area contributed by atoms with Gasteiger partial charge in [0.25, 0.3) is 5.69 Å². The van der Waals surface area contributed by atoms with Gasteiger partial charge in [-0.05, 0) is 43.5 Å². The lowest BCUT2D eigenvalue weighted by atomic mass is 10.0. The van der Waals surface area contributed by atoms with Crippen molar-refractivity contribution in [2.24, 2.45) is 0 Å². The number of non-ortho nitro benzene ring substituents is 1. The molecule has 0 saturated carbocycles. The van der Waals surface area contributed by atoms with E-state index in [1.165, 1.54) is 6.07 Å². The van der Waals surface area contributed by atoms with Gasteiger partial charge in [0.1, 0.15) is 5.82 Å². The van der Waals surface area contributed by atoms with Gasteiger partial charge in [-0.2, -0.15) is 0 Å². The van der Waals surface area contributed by atoms with Crippen LogP contribution in [0.1, 0.15) is 18.4 Å². The molecule has 126 valence electrons. The van der Waals surface area contributed by atoms with Crippen molar-refractivity contribution >= 4 is 17.1 Å². The molecule has 0 spiro atoms. The van der Waals surface area contributed by atoms with Gasteiger partial charge in [0.15, 0.2) is 0 Å². The lowest BCUT2D eigenvalue weighted by molar-refractivity contribution is -0.384. The highest BCUT2D eigenvalue weighted by Crippen LogP contribution is 2.28. The number of hydrogen-bond acceptors (Lipinski definition) is 4. The van der Waals surface area contributed by atoms with Gasteiger partial charge < -0.3 is 10.2 Å². The fourth-order valence-corrected chi connectivity index (χ4v) is 3.17. The van der Waals surface area contributed by atoms with Crippen LogP contribution in [0.15, 0.2) is 42.5 Å². The number of halogens is 1. The molecule has 0 radical (unpaired) electrons. The molecule has 0 atom stereocenters. The van der Waals surface area contributed by atoms with Crippen molar-refractivity contribution in [3.63, 3.8) is 0 Å². The molecule has 0 bridgehead atoms. The summed E-state index contributed by atoms with van der Waals surface area (Å²) in [6, 6.07) is 11.9. The Morgan fingerprint density at radius 3 is 2.54 bits per heavy atom. The number of nitro groups is 1. The number of rotatable bonds is 4.